The molecule has 1 unspecified atom stereocenters. The Balaban J connectivity index is 1.61. The zero-order chi connectivity index (χ0) is 19.4. The Labute approximate surface area is 164 Å². The maximum Gasteiger partial charge on any atom is 0.348 e. The van der Waals surface area contributed by atoms with Gasteiger partial charge in [-0.3, -0.25) is 4.79 Å². The fourth-order valence-corrected chi connectivity index (χ4v) is 4.69. The molecule has 1 aromatic carbocycles. The zero-order valence-electron chi connectivity index (χ0n) is 16.3. The molecule has 144 valence electrons. The van der Waals surface area contributed by atoms with Crippen molar-refractivity contribution < 1.29 is 14.3 Å². The van der Waals surface area contributed by atoms with Crippen molar-refractivity contribution in [1.82, 2.24) is 0 Å². The van der Waals surface area contributed by atoms with E-state index in [1.807, 2.05) is 24.3 Å². The number of esters is 1. The first-order chi connectivity index (χ1) is 13.0. The predicted octanol–water partition coefficient (Wildman–Crippen LogP) is 4.79. The number of ether oxygens (including phenoxy) is 1. The number of amides is 1. The van der Waals surface area contributed by atoms with Crippen LogP contribution in [0.3, 0.4) is 0 Å². The Bertz CT molecular complexity index is 818. The van der Waals surface area contributed by atoms with Crippen molar-refractivity contribution in [2.45, 2.75) is 52.9 Å². The molecule has 2 aromatic rings. The highest BCUT2D eigenvalue weighted by molar-refractivity contribution is 7.14. The summed E-state index contributed by atoms with van der Waals surface area (Å²) in [7, 11) is 0. The van der Waals surface area contributed by atoms with Gasteiger partial charge in [-0.05, 0) is 60.8 Å². The summed E-state index contributed by atoms with van der Waals surface area (Å²) >= 11 is 1.51. The molecule has 1 aromatic heterocycles. The number of anilines is 1. The van der Waals surface area contributed by atoms with E-state index in [0.29, 0.717) is 10.8 Å². The Kier molecular flexibility index (Phi) is 6.32. The molecule has 27 heavy (non-hydrogen) atoms. The maximum absolute atomic E-state index is 12.4. The van der Waals surface area contributed by atoms with Gasteiger partial charge >= 0.3 is 5.97 Å². The molecule has 0 bridgehead atoms. The van der Waals surface area contributed by atoms with Crippen LogP contribution in [0.4, 0.5) is 5.69 Å². The second-order valence-electron chi connectivity index (χ2n) is 7.19. The molecule has 3 rings (SSSR count). The molecule has 0 saturated carbocycles. The van der Waals surface area contributed by atoms with Crippen LogP contribution in [-0.2, 0) is 35.2 Å². The zero-order valence-corrected chi connectivity index (χ0v) is 17.1. The number of benzene rings is 1. The van der Waals surface area contributed by atoms with E-state index >= 15 is 0 Å². The molecule has 1 aliphatic carbocycles. The molecule has 0 saturated heterocycles. The van der Waals surface area contributed by atoms with Gasteiger partial charge in [-0.15, -0.1) is 11.3 Å². The monoisotopic (exact) mass is 385 g/mol. The first-order valence-electron chi connectivity index (χ1n) is 9.71. The lowest BCUT2D eigenvalue weighted by Gasteiger charge is -2.16. The molecule has 1 amide bonds. The SMILES string of the molecule is CCc1cccc(CC)c1NC(=O)COC(=O)c1cc2c(s1)CCC(C)C2. The van der Waals surface area contributed by atoms with Gasteiger partial charge < -0.3 is 10.1 Å². The predicted molar refractivity (Wildman–Crippen MR) is 110 cm³/mol. The summed E-state index contributed by atoms with van der Waals surface area (Å²) in [6, 6.07) is 7.97. The molecular formula is C22H27NO3S. The lowest BCUT2D eigenvalue weighted by molar-refractivity contribution is -0.119. The second kappa shape index (κ2) is 8.70. The van der Waals surface area contributed by atoms with E-state index in [-0.39, 0.29) is 12.5 Å². The fourth-order valence-electron chi connectivity index (χ4n) is 3.59. The number of nitrogens with one attached hydrogen (secondary N) is 1. The number of carbonyl (C=O) groups is 2. The summed E-state index contributed by atoms with van der Waals surface area (Å²) in [5.41, 5.74) is 4.30. The van der Waals surface area contributed by atoms with E-state index in [2.05, 4.69) is 26.1 Å². The first-order valence-corrected chi connectivity index (χ1v) is 10.5. The van der Waals surface area contributed by atoms with Crippen LogP contribution in [0.15, 0.2) is 24.3 Å². The smallest absolute Gasteiger partial charge is 0.348 e. The second-order valence-corrected chi connectivity index (χ2v) is 8.33. The largest absolute Gasteiger partial charge is 0.451 e. The number of fused-ring (bicyclic) bond motifs is 1. The summed E-state index contributed by atoms with van der Waals surface area (Å²) in [5.74, 6) is -0.0428. The minimum absolute atomic E-state index is 0.265. The normalized spacial score (nSPS) is 15.9. The molecule has 1 aliphatic rings. The topological polar surface area (TPSA) is 55.4 Å². The van der Waals surface area contributed by atoms with Crippen LogP contribution < -0.4 is 5.32 Å². The standard InChI is InChI=1S/C22H27NO3S/c1-4-15-7-6-8-16(5-2)21(15)23-20(24)13-26-22(25)19-12-17-11-14(3)9-10-18(17)27-19/h6-8,12,14H,4-5,9-11,13H2,1-3H3,(H,23,24). The quantitative estimate of drug-likeness (QED) is 0.727. The Morgan fingerprint density at radius 3 is 2.59 bits per heavy atom. The average molecular weight is 386 g/mol. The van der Waals surface area contributed by atoms with E-state index in [1.165, 1.54) is 28.2 Å². The lowest BCUT2D eigenvalue weighted by atomic mass is 9.90. The van der Waals surface area contributed by atoms with Crippen molar-refractivity contribution >= 4 is 28.9 Å². The Hall–Kier alpha value is -2.14. The van der Waals surface area contributed by atoms with Gasteiger partial charge in [0, 0.05) is 10.6 Å². The van der Waals surface area contributed by atoms with Crippen LogP contribution in [0.1, 0.15) is 58.4 Å². The third-order valence-corrected chi connectivity index (χ3v) is 6.35. The molecule has 1 atom stereocenters. The molecule has 1 N–H and O–H groups in total. The van der Waals surface area contributed by atoms with Crippen molar-refractivity contribution in [2.24, 2.45) is 5.92 Å². The molecule has 0 aliphatic heterocycles. The van der Waals surface area contributed by atoms with E-state index in [9.17, 15) is 9.59 Å². The summed E-state index contributed by atoms with van der Waals surface area (Å²) in [6.45, 7) is 6.09. The van der Waals surface area contributed by atoms with Crippen LogP contribution in [0.2, 0.25) is 0 Å². The van der Waals surface area contributed by atoms with Crippen LogP contribution in [-0.4, -0.2) is 18.5 Å². The third-order valence-electron chi connectivity index (χ3n) is 5.13. The number of carbonyl (C=O) groups excluding carboxylic acids is 2. The number of hydrogen-bond donors (Lipinski definition) is 1. The van der Waals surface area contributed by atoms with Gasteiger partial charge in [-0.1, -0.05) is 39.0 Å². The van der Waals surface area contributed by atoms with Crippen molar-refractivity contribution in [1.29, 1.82) is 0 Å². The Morgan fingerprint density at radius 1 is 1.22 bits per heavy atom. The maximum atomic E-state index is 12.4. The van der Waals surface area contributed by atoms with Gasteiger partial charge in [0.1, 0.15) is 4.88 Å². The van der Waals surface area contributed by atoms with Crippen LogP contribution in [0.5, 0.6) is 0 Å². The minimum atomic E-state index is -0.406. The van der Waals surface area contributed by atoms with Crippen LogP contribution in [0.25, 0.3) is 0 Å². The van der Waals surface area contributed by atoms with Gasteiger partial charge in [0.05, 0.1) is 0 Å². The van der Waals surface area contributed by atoms with Crippen molar-refractivity contribution in [2.75, 3.05) is 11.9 Å². The highest BCUT2D eigenvalue weighted by atomic mass is 32.1. The molecule has 4 nitrogen and oxygen atoms in total. The minimum Gasteiger partial charge on any atom is -0.451 e. The summed E-state index contributed by atoms with van der Waals surface area (Å²) in [6.07, 6.45) is 4.89. The molecular weight excluding hydrogens is 358 g/mol. The molecule has 0 fully saturated rings. The molecule has 1 heterocycles. The molecule has 0 spiro atoms. The first kappa shape index (κ1) is 19.6. The molecule has 0 radical (unpaired) electrons. The summed E-state index contributed by atoms with van der Waals surface area (Å²) in [5, 5.41) is 2.93. The van der Waals surface area contributed by atoms with Crippen molar-refractivity contribution in [3.8, 4) is 0 Å². The molecule has 5 heteroatoms. The fraction of sp³-hybridized carbons (Fsp3) is 0.455. The summed E-state index contributed by atoms with van der Waals surface area (Å²) < 4.78 is 5.27. The number of aryl methyl sites for hydroxylation is 3. The van der Waals surface area contributed by atoms with E-state index in [1.54, 1.807) is 0 Å². The highest BCUT2D eigenvalue weighted by Gasteiger charge is 2.22. The highest BCUT2D eigenvalue weighted by Crippen LogP contribution is 2.32. The van der Waals surface area contributed by atoms with E-state index in [0.717, 1.165) is 42.5 Å². The number of thiophene rings is 1. The Morgan fingerprint density at radius 2 is 1.93 bits per heavy atom. The van der Waals surface area contributed by atoms with Gasteiger partial charge in [0.15, 0.2) is 6.61 Å². The van der Waals surface area contributed by atoms with Gasteiger partial charge in [0.2, 0.25) is 0 Å². The van der Waals surface area contributed by atoms with Gasteiger partial charge in [0.25, 0.3) is 5.91 Å². The van der Waals surface area contributed by atoms with Gasteiger partial charge in [-0.2, -0.15) is 0 Å². The van der Waals surface area contributed by atoms with Gasteiger partial charge in [-0.25, -0.2) is 4.79 Å². The summed E-state index contributed by atoms with van der Waals surface area (Å²) in [4.78, 5) is 26.6. The third kappa shape index (κ3) is 4.59. The average Bonchev–Trinajstić information content (AvgIpc) is 3.09. The lowest BCUT2D eigenvalue weighted by Crippen LogP contribution is -2.22. The number of para-hydroxylation sites is 1. The van der Waals surface area contributed by atoms with E-state index in [4.69, 9.17) is 4.74 Å². The van der Waals surface area contributed by atoms with Crippen LogP contribution in [0, 0.1) is 5.92 Å². The number of rotatable bonds is 6. The van der Waals surface area contributed by atoms with Crippen LogP contribution >= 0.6 is 11.3 Å². The number of hydrogen-bond acceptors (Lipinski definition) is 4. The van der Waals surface area contributed by atoms with Crippen molar-refractivity contribution in [3.63, 3.8) is 0 Å². The van der Waals surface area contributed by atoms with E-state index < -0.39 is 5.97 Å². The van der Waals surface area contributed by atoms with Crippen molar-refractivity contribution in [3.05, 3.63) is 50.7 Å².